The van der Waals surface area contributed by atoms with Gasteiger partial charge in [0.15, 0.2) is 11.5 Å². The van der Waals surface area contributed by atoms with Gasteiger partial charge in [0.2, 0.25) is 0 Å². The number of hydrogen-bond donors (Lipinski definition) is 1. The van der Waals surface area contributed by atoms with Crippen molar-refractivity contribution in [1.29, 1.82) is 0 Å². The van der Waals surface area contributed by atoms with Gasteiger partial charge in [0.1, 0.15) is 5.75 Å². The van der Waals surface area contributed by atoms with Gasteiger partial charge in [0, 0.05) is 0 Å². The van der Waals surface area contributed by atoms with Crippen molar-refractivity contribution in [1.82, 2.24) is 0 Å². The van der Waals surface area contributed by atoms with Crippen LogP contribution in [0.1, 0.15) is 11.1 Å². The third-order valence-corrected chi connectivity index (χ3v) is 3.30. The van der Waals surface area contributed by atoms with Gasteiger partial charge in [-0.2, -0.15) is 0 Å². The highest BCUT2D eigenvalue weighted by Crippen LogP contribution is 2.30. The lowest BCUT2D eigenvalue weighted by molar-refractivity contribution is -0.133. The second kappa shape index (κ2) is 7.35. The predicted molar refractivity (Wildman–Crippen MR) is 87.5 cm³/mol. The highest BCUT2D eigenvalue weighted by atomic mass is 16.5. The second-order valence-corrected chi connectivity index (χ2v) is 4.71. The molecule has 0 saturated carbocycles. The summed E-state index contributed by atoms with van der Waals surface area (Å²) in [6.07, 6.45) is 1.69. The van der Waals surface area contributed by atoms with E-state index in [9.17, 15) is 9.90 Å². The van der Waals surface area contributed by atoms with E-state index in [1.54, 1.807) is 44.6 Å². The highest BCUT2D eigenvalue weighted by Gasteiger charge is 2.13. The molecule has 0 aliphatic rings. The smallest absolute Gasteiger partial charge is 0.338 e. The summed E-state index contributed by atoms with van der Waals surface area (Å²) in [4.78, 5) is 12.1. The molecular formula is C18H18O5. The molecule has 0 radical (unpaired) electrons. The molecule has 5 heteroatoms. The summed E-state index contributed by atoms with van der Waals surface area (Å²) >= 11 is 0. The largest absolute Gasteiger partial charge is 0.508 e. The molecule has 0 aromatic heterocycles. The standard InChI is InChI=1S/C18H18O5/c1-21-16-9-4-12(11-17(16)22-2)10-15(18(20)23-3)13-5-7-14(19)8-6-13/h4-11,19H,1-3H3/b15-10+. The molecule has 0 atom stereocenters. The molecule has 120 valence electrons. The van der Waals surface area contributed by atoms with Gasteiger partial charge in [0.05, 0.1) is 26.9 Å². The van der Waals surface area contributed by atoms with Crippen molar-refractivity contribution in [3.63, 3.8) is 0 Å². The Labute approximate surface area is 134 Å². The fourth-order valence-corrected chi connectivity index (χ4v) is 2.12. The van der Waals surface area contributed by atoms with Crippen LogP contribution < -0.4 is 9.47 Å². The van der Waals surface area contributed by atoms with E-state index in [0.29, 0.717) is 22.6 Å². The molecule has 1 N–H and O–H groups in total. The van der Waals surface area contributed by atoms with Gasteiger partial charge in [0.25, 0.3) is 0 Å². The zero-order chi connectivity index (χ0) is 16.8. The summed E-state index contributed by atoms with van der Waals surface area (Å²) in [5, 5.41) is 9.38. The molecule has 2 aromatic rings. The molecule has 0 unspecified atom stereocenters. The van der Waals surface area contributed by atoms with E-state index in [1.165, 1.54) is 19.2 Å². The Hall–Kier alpha value is -2.95. The number of ether oxygens (including phenoxy) is 3. The van der Waals surface area contributed by atoms with Crippen molar-refractivity contribution >= 4 is 17.6 Å². The molecule has 0 spiro atoms. The van der Waals surface area contributed by atoms with E-state index >= 15 is 0 Å². The van der Waals surface area contributed by atoms with Crippen molar-refractivity contribution in [3.8, 4) is 17.2 Å². The van der Waals surface area contributed by atoms with Crippen LogP contribution in [0, 0.1) is 0 Å². The molecule has 0 fully saturated rings. The van der Waals surface area contributed by atoms with Gasteiger partial charge in [-0.25, -0.2) is 4.79 Å². The van der Waals surface area contributed by atoms with Gasteiger partial charge < -0.3 is 19.3 Å². The van der Waals surface area contributed by atoms with Crippen LogP contribution in [0.15, 0.2) is 42.5 Å². The fraction of sp³-hybridized carbons (Fsp3) is 0.167. The van der Waals surface area contributed by atoms with Crippen LogP contribution in [0.25, 0.3) is 11.6 Å². The summed E-state index contributed by atoms with van der Waals surface area (Å²) < 4.78 is 15.3. The normalized spacial score (nSPS) is 11.0. The van der Waals surface area contributed by atoms with E-state index in [4.69, 9.17) is 14.2 Å². The number of methoxy groups -OCH3 is 3. The van der Waals surface area contributed by atoms with Crippen molar-refractivity contribution in [2.75, 3.05) is 21.3 Å². The second-order valence-electron chi connectivity index (χ2n) is 4.71. The minimum atomic E-state index is -0.467. The topological polar surface area (TPSA) is 65.0 Å². The molecule has 5 nitrogen and oxygen atoms in total. The minimum absolute atomic E-state index is 0.129. The Morgan fingerprint density at radius 1 is 0.957 bits per heavy atom. The van der Waals surface area contributed by atoms with Crippen molar-refractivity contribution in [2.24, 2.45) is 0 Å². The first-order valence-electron chi connectivity index (χ1n) is 6.90. The summed E-state index contributed by atoms with van der Waals surface area (Å²) in [5.74, 6) is 0.833. The predicted octanol–water partition coefficient (Wildman–Crippen LogP) is 3.12. The lowest BCUT2D eigenvalue weighted by atomic mass is 10.0. The van der Waals surface area contributed by atoms with Crippen LogP contribution in [0.4, 0.5) is 0 Å². The van der Waals surface area contributed by atoms with Gasteiger partial charge in [-0.15, -0.1) is 0 Å². The molecule has 0 heterocycles. The van der Waals surface area contributed by atoms with Crippen molar-refractivity contribution in [2.45, 2.75) is 0 Å². The summed E-state index contributed by atoms with van der Waals surface area (Å²) in [7, 11) is 4.43. The molecule has 0 bridgehead atoms. The summed E-state index contributed by atoms with van der Waals surface area (Å²) in [6.45, 7) is 0. The first-order chi connectivity index (χ1) is 11.1. The average molecular weight is 314 g/mol. The number of phenolic OH excluding ortho intramolecular Hbond substituents is 1. The minimum Gasteiger partial charge on any atom is -0.508 e. The van der Waals surface area contributed by atoms with Gasteiger partial charge in [-0.1, -0.05) is 18.2 Å². The number of carbonyl (C=O) groups excluding carboxylic acids is 1. The molecule has 23 heavy (non-hydrogen) atoms. The van der Waals surface area contributed by atoms with E-state index in [2.05, 4.69) is 0 Å². The van der Waals surface area contributed by atoms with E-state index in [-0.39, 0.29) is 5.75 Å². The number of phenols is 1. The average Bonchev–Trinajstić information content (AvgIpc) is 2.59. The number of aromatic hydroxyl groups is 1. The first-order valence-corrected chi connectivity index (χ1v) is 6.90. The number of carbonyl (C=O) groups is 1. The van der Waals surface area contributed by atoms with Crippen LogP contribution in [-0.2, 0) is 9.53 Å². The lowest BCUT2D eigenvalue weighted by Gasteiger charge is -2.09. The summed E-state index contributed by atoms with van der Waals surface area (Å²) in [5.41, 5.74) is 1.78. The zero-order valence-corrected chi connectivity index (χ0v) is 13.2. The maximum absolute atomic E-state index is 12.1. The third-order valence-electron chi connectivity index (χ3n) is 3.30. The van der Waals surface area contributed by atoms with Gasteiger partial charge in [-0.3, -0.25) is 0 Å². The summed E-state index contributed by atoms with van der Waals surface area (Å²) in [6, 6.07) is 11.7. The monoisotopic (exact) mass is 314 g/mol. The first kappa shape index (κ1) is 16.4. The number of rotatable bonds is 5. The van der Waals surface area contributed by atoms with Gasteiger partial charge >= 0.3 is 5.97 Å². The maximum Gasteiger partial charge on any atom is 0.338 e. The zero-order valence-electron chi connectivity index (χ0n) is 13.2. The van der Waals surface area contributed by atoms with Gasteiger partial charge in [-0.05, 0) is 41.5 Å². The van der Waals surface area contributed by atoms with E-state index in [1.807, 2.05) is 6.07 Å². The Balaban J connectivity index is 2.49. The molecular weight excluding hydrogens is 296 g/mol. The van der Waals surface area contributed by atoms with Crippen LogP contribution in [0.2, 0.25) is 0 Å². The lowest BCUT2D eigenvalue weighted by Crippen LogP contribution is -2.03. The van der Waals surface area contributed by atoms with Crippen LogP contribution in [0.3, 0.4) is 0 Å². The quantitative estimate of drug-likeness (QED) is 0.522. The number of hydrogen-bond acceptors (Lipinski definition) is 5. The molecule has 2 rings (SSSR count). The van der Waals surface area contributed by atoms with E-state index < -0.39 is 5.97 Å². The van der Waals surface area contributed by atoms with Crippen molar-refractivity contribution in [3.05, 3.63) is 53.6 Å². The molecule has 0 aliphatic heterocycles. The Morgan fingerprint density at radius 3 is 2.17 bits per heavy atom. The Bertz CT molecular complexity index is 717. The van der Waals surface area contributed by atoms with Crippen LogP contribution >= 0.6 is 0 Å². The maximum atomic E-state index is 12.1. The van der Waals surface area contributed by atoms with E-state index in [0.717, 1.165) is 5.56 Å². The van der Waals surface area contributed by atoms with Crippen molar-refractivity contribution < 1.29 is 24.1 Å². The molecule has 0 amide bonds. The number of esters is 1. The number of benzene rings is 2. The Kier molecular flexibility index (Phi) is 5.25. The molecule has 0 aliphatic carbocycles. The van der Waals surface area contributed by atoms with Crippen LogP contribution in [-0.4, -0.2) is 32.4 Å². The highest BCUT2D eigenvalue weighted by molar-refractivity contribution is 6.21. The third kappa shape index (κ3) is 3.83. The molecule has 2 aromatic carbocycles. The fourth-order valence-electron chi connectivity index (χ4n) is 2.12. The Morgan fingerprint density at radius 2 is 1.61 bits per heavy atom. The molecule has 0 saturated heterocycles. The SMILES string of the molecule is COC(=O)/C(=C/c1ccc(OC)c(OC)c1)c1ccc(O)cc1. The van der Waals surface area contributed by atoms with Crippen LogP contribution in [0.5, 0.6) is 17.2 Å².